The van der Waals surface area contributed by atoms with Crippen molar-refractivity contribution >= 4 is 11.8 Å². The summed E-state index contributed by atoms with van der Waals surface area (Å²) < 4.78 is 5.43. The first kappa shape index (κ1) is 17.6. The van der Waals surface area contributed by atoms with Crippen LogP contribution in [0.15, 0.2) is 24.3 Å². The summed E-state index contributed by atoms with van der Waals surface area (Å²) in [6.07, 6.45) is 1.84. The molecule has 128 valence electrons. The summed E-state index contributed by atoms with van der Waals surface area (Å²) in [5, 5.41) is 0. The van der Waals surface area contributed by atoms with E-state index in [1.54, 1.807) is 4.90 Å². The van der Waals surface area contributed by atoms with Crippen LogP contribution in [0.2, 0.25) is 0 Å². The van der Waals surface area contributed by atoms with Gasteiger partial charge in [0.15, 0.2) is 0 Å². The van der Waals surface area contributed by atoms with E-state index in [9.17, 15) is 4.79 Å². The van der Waals surface area contributed by atoms with Gasteiger partial charge in [0.05, 0.1) is 0 Å². The third kappa shape index (κ3) is 5.43. The molecule has 1 heterocycles. The Morgan fingerprint density at radius 2 is 1.74 bits per heavy atom. The van der Waals surface area contributed by atoms with Crippen molar-refractivity contribution in [1.29, 1.82) is 0 Å². The van der Waals surface area contributed by atoms with Crippen LogP contribution in [-0.4, -0.2) is 49.3 Å². The summed E-state index contributed by atoms with van der Waals surface area (Å²) in [6, 6.07) is 8.67. The first-order valence-electron chi connectivity index (χ1n) is 8.41. The number of anilines is 1. The minimum Gasteiger partial charge on any atom is -0.444 e. The van der Waals surface area contributed by atoms with E-state index in [0.29, 0.717) is 13.1 Å². The van der Waals surface area contributed by atoms with Crippen LogP contribution in [0.5, 0.6) is 0 Å². The summed E-state index contributed by atoms with van der Waals surface area (Å²) >= 11 is 0. The standard InChI is InChI=1S/C18H29N3O2/c1-18(2,3)23-17(22)21-13-11-20(12-14-21)16-8-6-15(7-9-16)5-4-10-19/h6-9H,4-5,10-14,19H2,1-3H3. The number of hydrogen-bond acceptors (Lipinski definition) is 4. The minimum atomic E-state index is -0.437. The highest BCUT2D eigenvalue weighted by Gasteiger charge is 2.25. The Labute approximate surface area is 139 Å². The van der Waals surface area contributed by atoms with E-state index in [2.05, 4.69) is 29.2 Å². The van der Waals surface area contributed by atoms with Crippen LogP contribution >= 0.6 is 0 Å². The number of benzene rings is 1. The van der Waals surface area contributed by atoms with Gasteiger partial charge in [0.25, 0.3) is 0 Å². The summed E-state index contributed by atoms with van der Waals surface area (Å²) in [6.45, 7) is 9.49. The number of amides is 1. The van der Waals surface area contributed by atoms with Gasteiger partial charge in [-0.05, 0) is 57.9 Å². The number of carbonyl (C=O) groups is 1. The quantitative estimate of drug-likeness (QED) is 0.927. The van der Waals surface area contributed by atoms with Gasteiger partial charge in [-0.2, -0.15) is 0 Å². The van der Waals surface area contributed by atoms with Crippen LogP contribution in [0.25, 0.3) is 0 Å². The first-order chi connectivity index (χ1) is 10.9. The molecule has 2 rings (SSSR count). The smallest absolute Gasteiger partial charge is 0.410 e. The van der Waals surface area contributed by atoms with Gasteiger partial charge in [-0.3, -0.25) is 0 Å². The Hall–Kier alpha value is -1.75. The molecule has 1 aliphatic heterocycles. The number of ether oxygens (including phenoxy) is 1. The van der Waals surface area contributed by atoms with E-state index in [1.165, 1.54) is 11.3 Å². The summed E-state index contributed by atoms with van der Waals surface area (Å²) in [5.41, 5.74) is 7.65. The zero-order chi connectivity index (χ0) is 16.9. The number of carbonyl (C=O) groups excluding carboxylic acids is 1. The molecular formula is C18H29N3O2. The molecule has 2 N–H and O–H groups in total. The summed E-state index contributed by atoms with van der Waals surface area (Å²) in [7, 11) is 0. The van der Waals surface area contributed by atoms with Gasteiger partial charge < -0.3 is 20.3 Å². The number of hydrogen-bond donors (Lipinski definition) is 1. The largest absolute Gasteiger partial charge is 0.444 e. The lowest BCUT2D eigenvalue weighted by molar-refractivity contribution is 0.0240. The van der Waals surface area contributed by atoms with Crippen LogP contribution in [-0.2, 0) is 11.2 Å². The average Bonchev–Trinajstić information content (AvgIpc) is 2.52. The van der Waals surface area contributed by atoms with E-state index in [0.717, 1.165) is 32.5 Å². The van der Waals surface area contributed by atoms with Crippen molar-refractivity contribution in [2.75, 3.05) is 37.6 Å². The fourth-order valence-electron chi connectivity index (χ4n) is 2.65. The second-order valence-corrected chi connectivity index (χ2v) is 7.01. The Balaban J connectivity index is 1.85. The third-order valence-electron chi connectivity index (χ3n) is 3.90. The second-order valence-electron chi connectivity index (χ2n) is 7.01. The third-order valence-corrected chi connectivity index (χ3v) is 3.90. The molecule has 1 aromatic carbocycles. The number of aryl methyl sites for hydroxylation is 1. The highest BCUT2D eigenvalue weighted by Crippen LogP contribution is 2.19. The molecule has 1 fully saturated rings. The molecule has 5 heteroatoms. The Morgan fingerprint density at radius 1 is 1.13 bits per heavy atom. The van der Waals surface area contributed by atoms with Gasteiger partial charge in [-0.25, -0.2) is 4.79 Å². The van der Waals surface area contributed by atoms with Crippen LogP contribution < -0.4 is 10.6 Å². The zero-order valence-electron chi connectivity index (χ0n) is 14.5. The Bertz CT molecular complexity index is 500. The molecule has 1 aromatic rings. The fraction of sp³-hybridized carbons (Fsp3) is 0.611. The molecule has 1 amide bonds. The molecule has 1 aliphatic rings. The lowest BCUT2D eigenvalue weighted by atomic mass is 10.1. The molecule has 0 aliphatic carbocycles. The van der Waals surface area contributed by atoms with Gasteiger partial charge in [-0.1, -0.05) is 12.1 Å². The highest BCUT2D eigenvalue weighted by atomic mass is 16.6. The Kier molecular flexibility index (Phi) is 5.88. The Morgan fingerprint density at radius 3 is 2.26 bits per heavy atom. The van der Waals surface area contributed by atoms with Crippen molar-refractivity contribution in [3.63, 3.8) is 0 Å². The molecule has 1 saturated heterocycles. The highest BCUT2D eigenvalue weighted by molar-refractivity contribution is 5.68. The molecule has 0 spiro atoms. The van der Waals surface area contributed by atoms with Gasteiger partial charge in [0, 0.05) is 31.9 Å². The number of rotatable bonds is 4. The fourth-order valence-corrected chi connectivity index (χ4v) is 2.65. The molecule has 0 saturated carbocycles. The van der Waals surface area contributed by atoms with Gasteiger partial charge in [0.1, 0.15) is 5.60 Å². The maximum Gasteiger partial charge on any atom is 0.410 e. The zero-order valence-corrected chi connectivity index (χ0v) is 14.5. The number of piperazine rings is 1. The summed E-state index contributed by atoms with van der Waals surface area (Å²) in [5.74, 6) is 0. The van der Waals surface area contributed by atoms with Gasteiger partial charge in [0.2, 0.25) is 0 Å². The van der Waals surface area contributed by atoms with E-state index < -0.39 is 5.60 Å². The summed E-state index contributed by atoms with van der Waals surface area (Å²) in [4.78, 5) is 16.2. The van der Waals surface area contributed by atoms with E-state index >= 15 is 0 Å². The maximum absolute atomic E-state index is 12.1. The molecular weight excluding hydrogens is 290 g/mol. The average molecular weight is 319 g/mol. The van der Waals surface area contributed by atoms with Crippen LogP contribution in [0.1, 0.15) is 32.8 Å². The monoisotopic (exact) mass is 319 g/mol. The van der Waals surface area contributed by atoms with Crippen molar-refractivity contribution in [3.8, 4) is 0 Å². The van der Waals surface area contributed by atoms with Gasteiger partial charge in [-0.15, -0.1) is 0 Å². The molecule has 0 radical (unpaired) electrons. The first-order valence-corrected chi connectivity index (χ1v) is 8.41. The second kappa shape index (κ2) is 7.68. The predicted molar refractivity (Wildman–Crippen MR) is 93.8 cm³/mol. The molecule has 0 bridgehead atoms. The van der Waals surface area contributed by atoms with E-state index in [-0.39, 0.29) is 6.09 Å². The topological polar surface area (TPSA) is 58.8 Å². The van der Waals surface area contributed by atoms with E-state index in [4.69, 9.17) is 10.5 Å². The SMILES string of the molecule is CC(C)(C)OC(=O)N1CCN(c2ccc(CCCN)cc2)CC1. The molecule has 0 unspecified atom stereocenters. The predicted octanol–water partition coefficient (Wildman–Crippen LogP) is 2.64. The lowest BCUT2D eigenvalue weighted by Crippen LogP contribution is -2.50. The van der Waals surface area contributed by atoms with Crippen LogP contribution in [0.3, 0.4) is 0 Å². The maximum atomic E-state index is 12.1. The van der Waals surface area contributed by atoms with Crippen molar-refractivity contribution in [3.05, 3.63) is 29.8 Å². The molecule has 0 aromatic heterocycles. The lowest BCUT2D eigenvalue weighted by Gasteiger charge is -2.36. The van der Waals surface area contributed by atoms with E-state index in [1.807, 2.05) is 20.8 Å². The molecule has 0 atom stereocenters. The molecule has 23 heavy (non-hydrogen) atoms. The number of nitrogens with two attached hydrogens (primary N) is 1. The van der Waals surface area contributed by atoms with Crippen molar-refractivity contribution in [2.24, 2.45) is 5.73 Å². The van der Waals surface area contributed by atoms with Crippen molar-refractivity contribution in [2.45, 2.75) is 39.2 Å². The van der Waals surface area contributed by atoms with Crippen LogP contribution in [0.4, 0.5) is 10.5 Å². The van der Waals surface area contributed by atoms with Crippen LogP contribution in [0, 0.1) is 0 Å². The number of nitrogens with zero attached hydrogens (tertiary/aromatic N) is 2. The minimum absolute atomic E-state index is 0.214. The normalized spacial score (nSPS) is 15.7. The van der Waals surface area contributed by atoms with Crippen molar-refractivity contribution in [1.82, 2.24) is 4.90 Å². The van der Waals surface area contributed by atoms with Gasteiger partial charge >= 0.3 is 6.09 Å². The van der Waals surface area contributed by atoms with Crippen molar-refractivity contribution < 1.29 is 9.53 Å². The molecule has 5 nitrogen and oxygen atoms in total.